The first-order chi connectivity index (χ1) is 8.13. The van der Waals surface area contributed by atoms with E-state index in [-0.39, 0.29) is 5.78 Å². The number of benzene rings is 1. The zero-order valence-electron chi connectivity index (χ0n) is 9.49. The van der Waals surface area contributed by atoms with Crippen LogP contribution in [-0.2, 0) is 0 Å². The Kier molecular flexibility index (Phi) is 3.33. The van der Waals surface area contributed by atoms with Crippen molar-refractivity contribution in [2.75, 3.05) is 7.11 Å². The lowest BCUT2D eigenvalue weighted by atomic mass is 10.0. The molecule has 88 valence electrons. The Morgan fingerprint density at radius 3 is 2.65 bits per heavy atom. The highest BCUT2D eigenvalue weighted by molar-refractivity contribution is 9.10. The van der Waals surface area contributed by atoms with E-state index in [1.54, 1.807) is 38.3 Å². The zero-order valence-corrected chi connectivity index (χ0v) is 11.1. The van der Waals surface area contributed by atoms with E-state index in [4.69, 9.17) is 9.15 Å². The molecule has 1 aromatic heterocycles. The summed E-state index contributed by atoms with van der Waals surface area (Å²) >= 11 is 3.36. The average molecular weight is 295 g/mol. The van der Waals surface area contributed by atoms with E-state index < -0.39 is 0 Å². The molecule has 0 bridgehead atoms. The third-order valence-corrected chi connectivity index (χ3v) is 3.14. The average Bonchev–Trinajstić information content (AvgIpc) is 2.74. The van der Waals surface area contributed by atoms with Crippen molar-refractivity contribution in [2.24, 2.45) is 0 Å². The van der Waals surface area contributed by atoms with Crippen molar-refractivity contribution >= 4 is 21.7 Å². The summed E-state index contributed by atoms with van der Waals surface area (Å²) in [6.07, 6.45) is 1.52. The Balaban J connectivity index is 2.39. The first-order valence-corrected chi connectivity index (χ1v) is 5.85. The molecule has 0 atom stereocenters. The van der Waals surface area contributed by atoms with Crippen molar-refractivity contribution < 1.29 is 13.9 Å². The highest BCUT2D eigenvalue weighted by Crippen LogP contribution is 2.27. The molecule has 0 aliphatic heterocycles. The molecule has 1 heterocycles. The summed E-state index contributed by atoms with van der Waals surface area (Å²) in [5, 5.41) is 0. The van der Waals surface area contributed by atoms with Gasteiger partial charge >= 0.3 is 0 Å². The Morgan fingerprint density at radius 2 is 2.12 bits per heavy atom. The van der Waals surface area contributed by atoms with E-state index in [1.807, 2.05) is 0 Å². The molecule has 0 aliphatic carbocycles. The van der Waals surface area contributed by atoms with Gasteiger partial charge in [0.2, 0.25) is 0 Å². The second-order valence-corrected chi connectivity index (χ2v) is 4.42. The molecule has 4 heteroatoms. The van der Waals surface area contributed by atoms with Crippen LogP contribution in [0.15, 0.2) is 39.4 Å². The van der Waals surface area contributed by atoms with Gasteiger partial charge in [-0.3, -0.25) is 4.79 Å². The number of rotatable bonds is 3. The Hall–Kier alpha value is -1.55. The summed E-state index contributed by atoms with van der Waals surface area (Å²) in [6.45, 7) is 1.77. The van der Waals surface area contributed by atoms with E-state index in [9.17, 15) is 4.79 Å². The molecule has 2 aromatic rings. The monoisotopic (exact) mass is 294 g/mol. The van der Waals surface area contributed by atoms with Gasteiger partial charge in [0.25, 0.3) is 0 Å². The fourth-order valence-electron chi connectivity index (χ4n) is 1.58. The van der Waals surface area contributed by atoms with Gasteiger partial charge in [0, 0.05) is 5.56 Å². The third kappa shape index (κ3) is 2.26. The molecule has 0 unspecified atom stereocenters. The highest BCUT2D eigenvalue weighted by Gasteiger charge is 2.15. The van der Waals surface area contributed by atoms with Crippen LogP contribution in [0.5, 0.6) is 5.75 Å². The van der Waals surface area contributed by atoms with Gasteiger partial charge in [-0.05, 0) is 47.1 Å². The lowest BCUT2D eigenvalue weighted by Crippen LogP contribution is -2.01. The maximum atomic E-state index is 12.2. The third-order valence-electron chi connectivity index (χ3n) is 2.52. The van der Waals surface area contributed by atoms with Crippen LogP contribution in [0.2, 0.25) is 0 Å². The lowest BCUT2D eigenvalue weighted by molar-refractivity contribution is 0.103. The second kappa shape index (κ2) is 4.75. The number of hydrogen-bond acceptors (Lipinski definition) is 3. The number of halogens is 1. The number of carbonyl (C=O) groups is 1. The maximum Gasteiger partial charge on any atom is 0.196 e. The predicted molar refractivity (Wildman–Crippen MR) is 67.6 cm³/mol. The van der Waals surface area contributed by atoms with Crippen molar-refractivity contribution in [1.82, 2.24) is 0 Å². The van der Waals surface area contributed by atoms with Gasteiger partial charge in [-0.2, -0.15) is 0 Å². The SMILES string of the molecule is COc1ccc(C(=O)c2ccoc2C)cc1Br. The molecule has 0 radical (unpaired) electrons. The molecule has 2 rings (SSSR count). The zero-order chi connectivity index (χ0) is 12.4. The predicted octanol–water partition coefficient (Wildman–Crippen LogP) is 3.59. The van der Waals surface area contributed by atoms with Crippen LogP contribution in [0.1, 0.15) is 21.7 Å². The molecule has 0 saturated carbocycles. The van der Waals surface area contributed by atoms with Gasteiger partial charge in [0.15, 0.2) is 5.78 Å². The Bertz CT molecular complexity index is 558. The van der Waals surface area contributed by atoms with Gasteiger partial charge in [0.1, 0.15) is 11.5 Å². The molecule has 0 saturated heterocycles. The standard InChI is InChI=1S/C13H11BrO3/c1-8-10(5-6-17-8)13(15)9-3-4-12(16-2)11(14)7-9/h3-7H,1-2H3. The quantitative estimate of drug-likeness (QED) is 0.812. The minimum absolute atomic E-state index is 0.0559. The summed E-state index contributed by atoms with van der Waals surface area (Å²) < 4.78 is 11.0. The molecule has 0 N–H and O–H groups in total. The van der Waals surface area contributed by atoms with E-state index in [2.05, 4.69) is 15.9 Å². The number of aryl methyl sites for hydroxylation is 1. The number of carbonyl (C=O) groups excluding carboxylic acids is 1. The summed E-state index contributed by atoms with van der Waals surface area (Å²) in [5.74, 6) is 1.27. The first-order valence-electron chi connectivity index (χ1n) is 5.06. The molecule has 0 fully saturated rings. The number of furan rings is 1. The van der Waals surface area contributed by atoms with Crippen LogP contribution in [0.4, 0.5) is 0 Å². The largest absolute Gasteiger partial charge is 0.496 e. The summed E-state index contributed by atoms with van der Waals surface area (Å²) in [7, 11) is 1.59. The van der Waals surface area contributed by atoms with Gasteiger partial charge in [-0.15, -0.1) is 0 Å². The molecular weight excluding hydrogens is 284 g/mol. The molecular formula is C13H11BrO3. The molecule has 1 aromatic carbocycles. The van der Waals surface area contributed by atoms with Crippen molar-refractivity contribution in [3.05, 3.63) is 51.9 Å². The van der Waals surface area contributed by atoms with Crippen LogP contribution in [0.25, 0.3) is 0 Å². The molecule has 0 spiro atoms. The maximum absolute atomic E-state index is 12.2. The summed E-state index contributed by atoms with van der Waals surface area (Å²) in [5.41, 5.74) is 1.18. The molecule has 17 heavy (non-hydrogen) atoms. The van der Waals surface area contributed by atoms with Gasteiger partial charge in [-0.1, -0.05) is 0 Å². The summed E-state index contributed by atoms with van der Waals surface area (Å²) in [6, 6.07) is 6.91. The first kappa shape index (κ1) is 11.9. The lowest BCUT2D eigenvalue weighted by Gasteiger charge is -2.05. The van der Waals surface area contributed by atoms with Crippen LogP contribution >= 0.6 is 15.9 Å². The van der Waals surface area contributed by atoms with Crippen molar-refractivity contribution in [2.45, 2.75) is 6.92 Å². The van der Waals surface area contributed by atoms with Crippen LogP contribution in [0, 0.1) is 6.92 Å². The normalized spacial score (nSPS) is 10.3. The van der Waals surface area contributed by atoms with Gasteiger partial charge < -0.3 is 9.15 Å². The van der Waals surface area contributed by atoms with Crippen molar-refractivity contribution in [1.29, 1.82) is 0 Å². The van der Waals surface area contributed by atoms with Crippen molar-refractivity contribution in [3.63, 3.8) is 0 Å². The number of ketones is 1. The number of ether oxygens (including phenoxy) is 1. The van der Waals surface area contributed by atoms with Gasteiger partial charge in [-0.25, -0.2) is 0 Å². The van der Waals surface area contributed by atoms with E-state index >= 15 is 0 Å². The van der Waals surface area contributed by atoms with Gasteiger partial charge in [0.05, 0.1) is 23.4 Å². The molecule has 0 aliphatic rings. The molecule has 0 amide bonds. The summed E-state index contributed by atoms with van der Waals surface area (Å²) in [4.78, 5) is 12.2. The van der Waals surface area contributed by atoms with Crippen LogP contribution in [0.3, 0.4) is 0 Å². The Labute approximate surface area is 108 Å². The highest BCUT2D eigenvalue weighted by atomic mass is 79.9. The minimum Gasteiger partial charge on any atom is -0.496 e. The smallest absolute Gasteiger partial charge is 0.196 e. The number of methoxy groups -OCH3 is 1. The molecule has 3 nitrogen and oxygen atoms in total. The van der Waals surface area contributed by atoms with E-state index in [1.165, 1.54) is 6.26 Å². The number of hydrogen-bond donors (Lipinski definition) is 0. The van der Waals surface area contributed by atoms with E-state index in [0.717, 1.165) is 4.47 Å². The van der Waals surface area contributed by atoms with Crippen LogP contribution < -0.4 is 4.74 Å². The topological polar surface area (TPSA) is 39.4 Å². The van der Waals surface area contributed by atoms with Crippen LogP contribution in [-0.4, -0.2) is 12.9 Å². The minimum atomic E-state index is -0.0559. The fourth-order valence-corrected chi connectivity index (χ4v) is 2.12. The van der Waals surface area contributed by atoms with Crippen molar-refractivity contribution in [3.8, 4) is 5.75 Å². The Morgan fingerprint density at radius 1 is 1.35 bits per heavy atom. The second-order valence-electron chi connectivity index (χ2n) is 3.57. The van der Waals surface area contributed by atoms with E-state index in [0.29, 0.717) is 22.6 Å². The fraction of sp³-hybridized carbons (Fsp3) is 0.154.